The molecule has 90 valence electrons. The molecule has 4 atom stereocenters. The maximum absolute atomic E-state index is 12.2. The van der Waals surface area contributed by atoms with Crippen LogP contribution in [0.5, 0.6) is 0 Å². The zero-order valence-electron chi connectivity index (χ0n) is 10.2. The van der Waals surface area contributed by atoms with Gasteiger partial charge in [-0.2, -0.15) is 0 Å². The largest absolute Gasteiger partial charge is 0.299 e. The minimum Gasteiger partial charge on any atom is -0.299 e. The van der Waals surface area contributed by atoms with E-state index in [1.165, 1.54) is 25.0 Å². The fraction of sp³-hybridized carbons (Fsp3) is 0.667. The number of piperidine rings is 1. The molecule has 0 aromatic carbocycles. The summed E-state index contributed by atoms with van der Waals surface area (Å²) < 4.78 is 0. The van der Waals surface area contributed by atoms with E-state index in [-0.39, 0.29) is 5.41 Å². The molecule has 2 aliphatic heterocycles. The molecule has 1 saturated carbocycles. The van der Waals surface area contributed by atoms with Gasteiger partial charge in [-0.3, -0.25) is 9.69 Å². The van der Waals surface area contributed by atoms with Gasteiger partial charge in [0.25, 0.3) is 0 Å². The van der Waals surface area contributed by atoms with Gasteiger partial charge in [-0.1, -0.05) is 18.2 Å². The highest BCUT2D eigenvalue weighted by Gasteiger charge is 2.57. The van der Waals surface area contributed by atoms with Gasteiger partial charge < -0.3 is 0 Å². The molecular weight excluding hydrogens is 210 g/mol. The van der Waals surface area contributed by atoms with Crippen LogP contribution < -0.4 is 0 Å². The molecule has 2 nitrogen and oxygen atoms in total. The number of allylic oxidation sites excluding steroid dienone is 2. The molecule has 1 spiro atoms. The molecule has 4 rings (SSSR count). The minimum atomic E-state index is 0.209. The molecule has 2 heteroatoms. The van der Waals surface area contributed by atoms with Crippen molar-refractivity contribution < 1.29 is 4.79 Å². The van der Waals surface area contributed by atoms with Crippen LogP contribution >= 0.6 is 0 Å². The number of carbonyl (C=O) groups is 1. The average molecular weight is 229 g/mol. The van der Waals surface area contributed by atoms with E-state index >= 15 is 0 Å². The molecule has 1 saturated heterocycles. The lowest BCUT2D eigenvalue weighted by Gasteiger charge is -2.53. The highest BCUT2D eigenvalue weighted by molar-refractivity contribution is 5.85. The number of ketones is 1. The Morgan fingerprint density at radius 1 is 1.41 bits per heavy atom. The Kier molecular flexibility index (Phi) is 1.97. The fourth-order valence-electron chi connectivity index (χ4n) is 4.88. The Labute approximate surface area is 102 Å². The first-order valence-corrected chi connectivity index (χ1v) is 6.96. The lowest BCUT2D eigenvalue weighted by Crippen LogP contribution is -2.58. The van der Waals surface area contributed by atoms with Gasteiger partial charge in [0.05, 0.1) is 0 Å². The van der Waals surface area contributed by atoms with Crippen molar-refractivity contribution >= 4 is 5.78 Å². The maximum atomic E-state index is 12.2. The second-order valence-corrected chi connectivity index (χ2v) is 6.01. The summed E-state index contributed by atoms with van der Waals surface area (Å²) in [5.74, 6) is 0.839. The third-order valence-corrected chi connectivity index (χ3v) is 5.49. The van der Waals surface area contributed by atoms with Crippen LogP contribution in [0, 0.1) is 11.3 Å². The molecule has 2 heterocycles. The van der Waals surface area contributed by atoms with E-state index in [0.29, 0.717) is 17.7 Å². The maximum Gasteiger partial charge on any atom is 0.137 e. The molecule has 2 bridgehead atoms. The second kappa shape index (κ2) is 3.32. The summed E-state index contributed by atoms with van der Waals surface area (Å²) >= 11 is 0. The number of carbonyl (C=O) groups excluding carboxylic acids is 1. The predicted molar refractivity (Wildman–Crippen MR) is 66.6 cm³/mol. The molecular formula is C15H19NO. The van der Waals surface area contributed by atoms with Crippen LogP contribution in [-0.2, 0) is 4.79 Å². The summed E-state index contributed by atoms with van der Waals surface area (Å²) in [5, 5.41) is 0. The van der Waals surface area contributed by atoms with Crippen molar-refractivity contribution in [3.05, 3.63) is 23.8 Å². The number of rotatable bonds is 0. The molecule has 0 N–H and O–H groups in total. The normalized spacial score (nSPS) is 47.4. The van der Waals surface area contributed by atoms with Crippen molar-refractivity contribution in [2.45, 2.75) is 38.1 Å². The molecule has 0 amide bonds. The summed E-state index contributed by atoms with van der Waals surface area (Å²) in [6, 6.07) is 0.641. The number of Topliss-reactive ketones (excluding diaryl/α,β-unsaturated/α-hetero) is 1. The smallest absolute Gasteiger partial charge is 0.137 e. The minimum absolute atomic E-state index is 0.209. The van der Waals surface area contributed by atoms with Crippen molar-refractivity contribution in [2.24, 2.45) is 11.3 Å². The molecule has 0 radical (unpaired) electrons. The van der Waals surface area contributed by atoms with Gasteiger partial charge in [-0.15, -0.1) is 0 Å². The van der Waals surface area contributed by atoms with Gasteiger partial charge >= 0.3 is 0 Å². The lowest BCUT2D eigenvalue weighted by atomic mass is 9.58. The van der Waals surface area contributed by atoms with Crippen LogP contribution in [0.3, 0.4) is 0 Å². The van der Waals surface area contributed by atoms with Gasteiger partial charge in [-0.25, -0.2) is 0 Å². The second-order valence-electron chi connectivity index (χ2n) is 6.01. The van der Waals surface area contributed by atoms with Crippen LogP contribution in [0.1, 0.15) is 32.1 Å². The van der Waals surface area contributed by atoms with Crippen molar-refractivity contribution in [3.63, 3.8) is 0 Å². The third-order valence-electron chi connectivity index (χ3n) is 5.49. The molecule has 0 aromatic rings. The van der Waals surface area contributed by atoms with Crippen LogP contribution in [0.4, 0.5) is 0 Å². The molecule has 2 fully saturated rings. The van der Waals surface area contributed by atoms with E-state index in [4.69, 9.17) is 0 Å². The number of hydrogen-bond donors (Lipinski definition) is 0. The van der Waals surface area contributed by atoms with E-state index in [2.05, 4.69) is 23.1 Å². The molecule has 2 aliphatic carbocycles. The Bertz CT molecular complexity index is 436. The fourth-order valence-corrected chi connectivity index (χ4v) is 4.88. The molecule has 17 heavy (non-hydrogen) atoms. The van der Waals surface area contributed by atoms with Gasteiger partial charge in [0, 0.05) is 30.3 Å². The zero-order chi connectivity index (χ0) is 11.5. The van der Waals surface area contributed by atoms with E-state index in [1.54, 1.807) is 0 Å². The highest BCUT2D eigenvalue weighted by atomic mass is 16.1. The van der Waals surface area contributed by atoms with Crippen LogP contribution in [-0.4, -0.2) is 29.8 Å². The van der Waals surface area contributed by atoms with E-state index in [0.717, 1.165) is 25.8 Å². The lowest BCUT2D eigenvalue weighted by molar-refractivity contribution is -0.134. The van der Waals surface area contributed by atoms with Gasteiger partial charge in [-0.05, 0) is 37.8 Å². The highest BCUT2D eigenvalue weighted by Crippen LogP contribution is 2.58. The van der Waals surface area contributed by atoms with E-state index in [1.807, 2.05) is 0 Å². The SMILES string of the molecule is O=C1CC[C@@H]2N3CC=CC4=CC[C@H]1[C@@]42CCC3. The Balaban J connectivity index is 1.89. The first kappa shape index (κ1) is 10.1. The molecule has 4 aliphatic rings. The summed E-state index contributed by atoms with van der Waals surface area (Å²) in [5.41, 5.74) is 1.70. The van der Waals surface area contributed by atoms with Crippen LogP contribution in [0.2, 0.25) is 0 Å². The topological polar surface area (TPSA) is 20.3 Å². The zero-order valence-corrected chi connectivity index (χ0v) is 10.2. The summed E-state index contributed by atoms with van der Waals surface area (Å²) in [7, 11) is 0. The van der Waals surface area contributed by atoms with Gasteiger partial charge in [0.1, 0.15) is 5.78 Å². The summed E-state index contributed by atoms with van der Waals surface area (Å²) in [6.07, 6.45) is 12.4. The standard InChI is InChI=1S/C15H19NO/c17-13-6-7-14-15-8-2-10-16(14)9-1-3-11(15)4-5-12(13)15/h1,3-4,12,14H,2,5-10H2/t12-,14+,15-/m1/s1. The van der Waals surface area contributed by atoms with Crippen LogP contribution in [0.25, 0.3) is 0 Å². The molecule has 0 aromatic heterocycles. The van der Waals surface area contributed by atoms with Crippen molar-refractivity contribution in [2.75, 3.05) is 13.1 Å². The predicted octanol–water partition coefficient (Wildman–Crippen LogP) is 2.32. The monoisotopic (exact) mass is 229 g/mol. The number of hydrogen-bond acceptors (Lipinski definition) is 2. The van der Waals surface area contributed by atoms with Gasteiger partial charge in [0.15, 0.2) is 0 Å². The molecule has 1 unspecified atom stereocenters. The van der Waals surface area contributed by atoms with E-state index in [9.17, 15) is 4.79 Å². The first-order chi connectivity index (χ1) is 8.32. The number of nitrogens with zero attached hydrogens (tertiary/aromatic N) is 1. The quantitative estimate of drug-likeness (QED) is 0.635. The van der Waals surface area contributed by atoms with Gasteiger partial charge in [0.2, 0.25) is 0 Å². The summed E-state index contributed by atoms with van der Waals surface area (Å²) in [4.78, 5) is 14.9. The van der Waals surface area contributed by atoms with Crippen LogP contribution in [0.15, 0.2) is 23.8 Å². The van der Waals surface area contributed by atoms with Crippen molar-refractivity contribution in [1.82, 2.24) is 4.90 Å². The van der Waals surface area contributed by atoms with E-state index < -0.39 is 0 Å². The Morgan fingerprint density at radius 2 is 2.35 bits per heavy atom. The average Bonchev–Trinajstić information content (AvgIpc) is 2.65. The van der Waals surface area contributed by atoms with Crippen molar-refractivity contribution in [1.29, 1.82) is 0 Å². The Morgan fingerprint density at radius 3 is 3.29 bits per heavy atom. The Hall–Kier alpha value is -0.890. The first-order valence-electron chi connectivity index (χ1n) is 6.96. The van der Waals surface area contributed by atoms with Crippen molar-refractivity contribution in [3.8, 4) is 0 Å². The summed E-state index contributed by atoms with van der Waals surface area (Å²) in [6.45, 7) is 2.32. The third kappa shape index (κ3) is 1.12.